The Balaban J connectivity index is 2.08. The van der Waals surface area contributed by atoms with Crippen LogP contribution in [0.3, 0.4) is 0 Å². The first-order valence-electron chi connectivity index (χ1n) is 7.10. The predicted octanol–water partition coefficient (Wildman–Crippen LogP) is 3.09. The first kappa shape index (κ1) is 14.4. The molecule has 0 aliphatic heterocycles. The molecule has 2 atom stereocenters. The first-order chi connectivity index (χ1) is 10.2. The lowest BCUT2D eigenvalue weighted by Gasteiger charge is -2.16. The van der Waals surface area contributed by atoms with Crippen molar-refractivity contribution < 1.29 is 9.47 Å². The number of hydrogen-bond donors (Lipinski definition) is 1. The van der Waals surface area contributed by atoms with E-state index < -0.39 is 0 Å². The molecule has 6 heteroatoms. The highest BCUT2D eigenvalue weighted by molar-refractivity contribution is 7.99. The second-order valence-corrected chi connectivity index (χ2v) is 6.50. The fourth-order valence-electron chi connectivity index (χ4n) is 3.19. The topological polar surface area (TPSA) is 62.3 Å². The number of nitrogens with zero attached hydrogens (tertiary/aromatic N) is 2. The molecule has 1 saturated carbocycles. The number of hydrogen-bond acceptors (Lipinski definition) is 5. The summed E-state index contributed by atoms with van der Waals surface area (Å²) in [4.78, 5) is 4.49. The molecule has 0 spiro atoms. The second-order valence-electron chi connectivity index (χ2n) is 5.36. The molecule has 1 aliphatic carbocycles. The monoisotopic (exact) mass is 307 g/mol. The minimum absolute atomic E-state index is 0.422. The summed E-state index contributed by atoms with van der Waals surface area (Å²) >= 11 is 1.94. The van der Waals surface area contributed by atoms with E-state index in [0.717, 1.165) is 23.9 Å². The second kappa shape index (κ2) is 5.67. The van der Waals surface area contributed by atoms with Gasteiger partial charge in [0.2, 0.25) is 5.95 Å². The van der Waals surface area contributed by atoms with Crippen LogP contribution in [0.5, 0.6) is 11.5 Å². The SMILES string of the molecule is COc1cc2nc(N)n(C3CCC(SC)C3)c2cc1OC. The number of benzene rings is 1. The van der Waals surface area contributed by atoms with E-state index in [9.17, 15) is 0 Å². The zero-order valence-corrected chi connectivity index (χ0v) is 13.4. The average molecular weight is 307 g/mol. The summed E-state index contributed by atoms with van der Waals surface area (Å²) in [6.45, 7) is 0. The van der Waals surface area contributed by atoms with Gasteiger partial charge in [-0.3, -0.25) is 0 Å². The third-order valence-electron chi connectivity index (χ3n) is 4.28. The van der Waals surface area contributed by atoms with Crippen LogP contribution in [0.1, 0.15) is 25.3 Å². The standard InChI is InChI=1S/C15H21N3O2S/c1-19-13-7-11-12(8-14(13)20-2)18(15(16)17-11)9-4-5-10(6-9)21-3/h7-10H,4-6H2,1-3H3,(H2,16,17). The van der Waals surface area contributed by atoms with Crippen molar-refractivity contribution in [1.82, 2.24) is 9.55 Å². The van der Waals surface area contributed by atoms with Gasteiger partial charge in [0.05, 0.1) is 25.3 Å². The fourth-order valence-corrected chi connectivity index (χ4v) is 3.98. The van der Waals surface area contributed by atoms with Crippen LogP contribution in [-0.4, -0.2) is 35.3 Å². The molecule has 1 aromatic heterocycles. The van der Waals surface area contributed by atoms with Crippen molar-refractivity contribution in [3.63, 3.8) is 0 Å². The fraction of sp³-hybridized carbons (Fsp3) is 0.533. The van der Waals surface area contributed by atoms with Crippen molar-refractivity contribution in [3.05, 3.63) is 12.1 Å². The predicted molar refractivity (Wildman–Crippen MR) is 87.4 cm³/mol. The molecule has 1 heterocycles. The van der Waals surface area contributed by atoms with Crippen molar-refractivity contribution in [2.75, 3.05) is 26.2 Å². The average Bonchev–Trinajstić information content (AvgIpc) is 3.08. The smallest absolute Gasteiger partial charge is 0.201 e. The summed E-state index contributed by atoms with van der Waals surface area (Å²) in [5.41, 5.74) is 8.05. The summed E-state index contributed by atoms with van der Waals surface area (Å²) in [5.74, 6) is 1.97. The van der Waals surface area contributed by atoms with E-state index in [1.165, 1.54) is 6.42 Å². The van der Waals surface area contributed by atoms with E-state index in [1.54, 1.807) is 14.2 Å². The first-order valence-corrected chi connectivity index (χ1v) is 8.39. The molecule has 5 nitrogen and oxygen atoms in total. The van der Waals surface area contributed by atoms with Gasteiger partial charge in [-0.15, -0.1) is 0 Å². The minimum Gasteiger partial charge on any atom is -0.493 e. The van der Waals surface area contributed by atoms with E-state index in [-0.39, 0.29) is 0 Å². The summed E-state index contributed by atoms with van der Waals surface area (Å²) < 4.78 is 12.9. The zero-order valence-electron chi connectivity index (χ0n) is 12.6. The van der Waals surface area contributed by atoms with Crippen LogP contribution in [0.25, 0.3) is 11.0 Å². The van der Waals surface area contributed by atoms with Crippen LogP contribution in [0.2, 0.25) is 0 Å². The van der Waals surface area contributed by atoms with Gasteiger partial charge in [0.1, 0.15) is 0 Å². The van der Waals surface area contributed by atoms with Crippen LogP contribution >= 0.6 is 11.8 Å². The minimum atomic E-state index is 0.422. The Morgan fingerprint density at radius 2 is 1.95 bits per heavy atom. The largest absolute Gasteiger partial charge is 0.493 e. The van der Waals surface area contributed by atoms with Gasteiger partial charge in [-0.1, -0.05) is 0 Å². The van der Waals surface area contributed by atoms with Gasteiger partial charge < -0.3 is 19.8 Å². The highest BCUT2D eigenvalue weighted by Crippen LogP contribution is 2.41. The number of imidazole rings is 1. The Morgan fingerprint density at radius 1 is 1.24 bits per heavy atom. The molecule has 2 N–H and O–H groups in total. The molecule has 3 rings (SSSR count). The Kier molecular flexibility index (Phi) is 3.89. The third-order valence-corrected chi connectivity index (χ3v) is 5.37. The van der Waals surface area contributed by atoms with Gasteiger partial charge >= 0.3 is 0 Å². The summed E-state index contributed by atoms with van der Waals surface area (Å²) in [6, 6.07) is 4.29. The van der Waals surface area contributed by atoms with Crippen LogP contribution < -0.4 is 15.2 Å². The molecule has 1 aliphatic rings. The van der Waals surface area contributed by atoms with Gasteiger partial charge in [0.15, 0.2) is 11.5 Å². The number of aromatic nitrogens is 2. The number of nitrogens with two attached hydrogens (primary N) is 1. The molecule has 1 fully saturated rings. The molecule has 2 aromatic rings. The quantitative estimate of drug-likeness (QED) is 0.940. The van der Waals surface area contributed by atoms with Crippen LogP contribution in [0.4, 0.5) is 5.95 Å². The van der Waals surface area contributed by atoms with Crippen molar-refractivity contribution in [3.8, 4) is 11.5 Å². The maximum atomic E-state index is 6.17. The normalized spacial score (nSPS) is 21.9. The molecule has 1 aromatic carbocycles. The Morgan fingerprint density at radius 3 is 2.57 bits per heavy atom. The lowest BCUT2D eigenvalue weighted by atomic mass is 10.2. The molecule has 0 bridgehead atoms. The lowest BCUT2D eigenvalue weighted by molar-refractivity contribution is 0.355. The molecule has 0 amide bonds. The van der Waals surface area contributed by atoms with Crippen molar-refractivity contribution in [2.24, 2.45) is 0 Å². The molecule has 0 saturated heterocycles. The lowest BCUT2D eigenvalue weighted by Crippen LogP contribution is -2.09. The number of anilines is 1. The van der Waals surface area contributed by atoms with Crippen molar-refractivity contribution >= 4 is 28.7 Å². The molecule has 0 radical (unpaired) electrons. The summed E-state index contributed by atoms with van der Waals surface area (Å²) in [5, 5.41) is 0.715. The van der Waals surface area contributed by atoms with Gasteiger partial charge in [-0.05, 0) is 25.5 Å². The van der Waals surface area contributed by atoms with Gasteiger partial charge in [-0.25, -0.2) is 4.98 Å². The molecule has 2 unspecified atom stereocenters. The van der Waals surface area contributed by atoms with E-state index in [4.69, 9.17) is 15.2 Å². The Bertz CT molecular complexity index is 656. The number of ether oxygens (including phenoxy) is 2. The van der Waals surface area contributed by atoms with E-state index in [2.05, 4.69) is 15.8 Å². The van der Waals surface area contributed by atoms with Crippen LogP contribution in [0.15, 0.2) is 12.1 Å². The highest BCUT2D eigenvalue weighted by Gasteiger charge is 2.28. The van der Waals surface area contributed by atoms with Gasteiger partial charge in [0.25, 0.3) is 0 Å². The van der Waals surface area contributed by atoms with Crippen molar-refractivity contribution in [1.29, 1.82) is 0 Å². The third kappa shape index (κ3) is 2.41. The molecule has 114 valence electrons. The maximum Gasteiger partial charge on any atom is 0.201 e. The Hall–Kier alpha value is -1.56. The van der Waals surface area contributed by atoms with Crippen LogP contribution in [0, 0.1) is 0 Å². The molecule has 21 heavy (non-hydrogen) atoms. The number of thioether (sulfide) groups is 1. The number of fused-ring (bicyclic) bond motifs is 1. The highest BCUT2D eigenvalue weighted by atomic mass is 32.2. The number of nitrogen functional groups attached to an aromatic ring is 1. The summed E-state index contributed by atoms with van der Waals surface area (Å²) in [7, 11) is 3.27. The van der Waals surface area contributed by atoms with Gasteiger partial charge in [-0.2, -0.15) is 11.8 Å². The zero-order chi connectivity index (χ0) is 15.0. The number of rotatable bonds is 4. The molecular weight excluding hydrogens is 286 g/mol. The van der Waals surface area contributed by atoms with E-state index in [0.29, 0.717) is 28.7 Å². The van der Waals surface area contributed by atoms with Gasteiger partial charge in [0, 0.05) is 23.4 Å². The number of methoxy groups -OCH3 is 2. The Labute approximate surface area is 128 Å². The van der Waals surface area contributed by atoms with E-state index in [1.807, 2.05) is 23.9 Å². The molecular formula is C15H21N3O2S. The van der Waals surface area contributed by atoms with Crippen LogP contribution in [-0.2, 0) is 0 Å². The summed E-state index contributed by atoms with van der Waals surface area (Å²) in [6.07, 6.45) is 5.70. The maximum absolute atomic E-state index is 6.17. The van der Waals surface area contributed by atoms with E-state index >= 15 is 0 Å². The van der Waals surface area contributed by atoms with Crippen molar-refractivity contribution in [2.45, 2.75) is 30.6 Å².